The van der Waals surface area contributed by atoms with Crippen LogP contribution < -0.4 is 15.8 Å². The third kappa shape index (κ3) is 4.27. The summed E-state index contributed by atoms with van der Waals surface area (Å²) in [5.41, 5.74) is 5.99. The van der Waals surface area contributed by atoms with Crippen LogP contribution in [0.2, 0.25) is 0 Å². The standard InChI is InChI=1S/C11H17N3O2/c1-11(2,3)14-10(15)16-9-5-4-8(6-12)7-13-9/h4-5,7H,6,12H2,1-3H3,(H,14,15). The molecule has 1 aromatic rings. The summed E-state index contributed by atoms with van der Waals surface area (Å²) >= 11 is 0. The second-order valence-corrected chi connectivity index (χ2v) is 4.47. The first kappa shape index (κ1) is 12.4. The van der Waals surface area contributed by atoms with Crippen molar-refractivity contribution in [1.82, 2.24) is 10.3 Å². The van der Waals surface area contributed by atoms with Crippen LogP contribution in [0.4, 0.5) is 4.79 Å². The fourth-order valence-corrected chi connectivity index (χ4v) is 1.02. The summed E-state index contributed by atoms with van der Waals surface area (Å²) in [6.45, 7) is 6.04. The zero-order valence-corrected chi connectivity index (χ0v) is 9.78. The molecular formula is C11H17N3O2. The van der Waals surface area contributed by atoms with Crippen LogP contribution in [-0.2, 0) is 6.54 Å². The van der Waals surface area contributed by atoms with Crippen molar-refractivity contribution in [3.63, 3.8) is 0 Å². The lowest BCUT2D eigenvalue weighted by Crippen LogP contribution is -2.42. The van der Waals surface area contributed by atoms with Crippen LogP contribution in [0, 0.1) is 0 Å². The maximum atomic E-state index is 11.4. The Kier molecular flexibility index (Phi) is 3.84. The van der Waals surface area contributed by atoms with E-state index in [9.17, 15) is 4.79 Å². The van der Waals surface area contributed by atoms with Gasteiger partial charge in [-0.25, -0.2) is 9.78 Å². The molecule has 5 nitrogen and oxygen atoms in total. The zero-order valence-electron chi connectivity index (χ0n) is 9.78. The first-order chi connectivity index (χ1) is 7.40. The van der Waals surface area contributed by atoms with Crippen LogP contribution in [0.3, 0.4) is 0 Å². The highest BCUT2D eigenvalue weighted by atomic mass is 16.6. The molecule has 0 saturated carbocycles. The van der Waals surface area contributed by atoms with Crippen LogP contribution in [0.15, 0.2) is 18.3 Å². The Morgan fingerprint density at radius 3 is 2.62 bits per heavy atom. The van der Waals surface area contributed by atoms with E-state index in [1.54, 1.807) is 18.3 Å². The Bertz CT molecular complexity index is 354. The summed E-state index contributed by atoms with van der Waals surface area (Å²) in [5, 5.41) is 2.67. The molecule has 0 bridgehead atoms. The van der Waals surface area contributed by atoms with Crippen molar-refractivity contribution in [1.29, 1.82) is 0 Å². The number of nitrogens with one attached hydrogen (secondary N) is 1. The molecule has 5 heteroatoms. The average molecular weight is 223 g/mol. The molecule has 0 aromatic carbocycles. The van der Waals surface area contributed by atoms with Gasteiger partial charge >= 0.3 is 6.09 Å². The largest absolute Gasteiger partial charge is 0.414 e. The summed E-state index contributed by atoms with van der Waals surface area (Å²) in [6.07, 6.45) is 1.07. The molecule has 1 aromatic heterocycles. The minimum absolute atomic E-state index is 0.263. The number of carbonyl (C=O) groups excluding carboxylic acids is 1. The maximum Gasteiger partial charge on any atom is 0.414 e. The summed E-state index contributed by atoms with van der Waals surface area (Å²) < 4.78 is 4.99. The molecule has 0 fully saturated rings. The molecule has 88 valence electrons. The third-order valence-electron chi connectivity index (χ3n) is 1.71. The van der Waals surface area contributed by atoms with Crippen LogP contribution >= 0.6 is 0 Å². The number of aromatic nitrogens is 1. The lowest BCUT2D eigenvalue weighted by molar-refractivity contribution is 0.189. The fourth-order valence-electron chi connectivity index (χ4n) is 1.02. The highest BCUT2D eigenvalue weighted by Crippen LogP contribution is 2.08. The number of ether oxygens (including phenoxy) is 1. The van der Waals surface area contributed by atoms with Crippen molar-refractivity contribution in [3.05, 3.63) is 23.9 Å². The molecule has 16 heavy (non-hydrogen) atoms. The van der Waals surface area contributed by atoms with Crippen molar-refractivity contribution >= 4 is 6.09 Å². The van der Waals surface area contributed by atoms with Gasteiger partial charge < -0.3 is 15.8 Å². The summed E-state index contributed by atoms with van der Waals surface area (Å²) in [7, 11) is 0. The van der Waals surface area contributed by atoms with Crippen molar-refractivity contribution in [3.8, 4) is 5.88 Å². The SMILES string of the molecule is CC(C)(C)NC(=O)Oc1ccc(CN)cn1. The van der Waals surface area contributed by atoms with Gasteiger partial charge in [-0.15, -0.1) is 0 Å². The van der Waals surface area contributed by atoms with Gasteiger partial charge in [-0.3, -0.25) is 0 Å². The van der Waals surface area contributed by atoms with E-state index in [0.717, 1.165) is 5.56 Å². The first-order valence-electron chi connectivity index (χ1n) is 5.06. The van der Waals surface area contributed by atoms with E-state index >= 15 is 0 Å². The van der Waals surface area contributed by atoms with Crippen LogP contribution in [0.25, 0.3) is 0 Å². The second-order valence-electron chi connectivity index (χ2n) is 4.47. The highest BCUT2D eigenvalue weighted by Gasteiger charge is 2.15. The molecule has 0 aliphatic carbocycles. The molecule has 1 amide bonds. The first-order valence-corrected chi connectivity index (χ1v) is 5.06. The monoisotopic (exact) mass is 223 g/mol. The maximum absolute atomic E-state index is 11.4. The second kappa shape index (κ2) is 4.94. The van der Waals surface area contributed by atoms with Crippen molar-refractivity contribution < 1.29 is 9.53 Å². The van der Waals surface area contributed by atoms with Gasteiger partial charge in [0.25, 0.3) is 0 Å². The lowest BCUT2D eigenvalue weighted by atomic mass is 10.1. The molecule has 1 heterocycles. The topological polar surface area (TPSA) is 77.2 Å². The number of rotatable bonds is 2. The van der Waals surface area contributed by atoms with Crippen LogP contribution in [0.1, 0.15) is 26.3 Å². The van der Waals surface area contributed by atoms with Crippen LogP contribution in [-0.4, -0.2) is 16.6 Å². The Labute approximate surface area is 95.0 Å². The zero-order chi connectivity index (χ0) is 12.2. The molecule has 0 saturated heterocycles. The van der Waals surface area contributed by atoms with Gasteiger partial charge in [0.1, 0.15) is 0 Å². The minimum Gasteiger partial charge on any atom is -0.391 e. The van der Waals surface area contributed by atoms with Gasteiger partial charge in [0.05, 0.1) is 0 Å². The number of nitrogens with two attached hydrogens (primary N) is 1. The van der Waals surface area contributed by atoms with Gasteiger partial charge in [0.15, 0.2) is 0 Å². The molecule has 1 rings (SSSR count). The summed E-state index contributed by atoms with van der Waals surface area (Å²) in [5.74, 6) is 0.263. The van der Waals surface area contributed by atoms with E-state index < -0.39 is 6.09 Å². The third-order valence-corrected chi connectivity index (χ3v) is 1.71. The van der Waals surface area contributed by atoms with Gasteiger partial charge in [0.2, 0.25) is 5.88 Å². The molecule has 0 atom stereocenters. The quantitative estimate of drug-likeness (QED) is 0.795. The molecule has 0 spiro atoms. The molecule has 0 radical (unpaired) electrons. The normalized spacial score (nSPS) is 11.0. The highest BCUT2D eigenvalue weighted by molar-refractivity contribution is 5.70. The Morgan fingerprint density at radius 2 is 2.19 bits per heavy atom. The van der Waals surface area contributed by atoms with Crippen molar-refractivity contribution in [2.75, 3.05) is 0 Å². The van der Waals surface area contributed by atoms with E-state index in [1.165, 1.54) is 0 Å². The Hall–Kier alpha value is -1.62. The van der Waals surface area contributed by atoms with Crippen molar-refractivity contribution in [2.45, 2.75) is 32.9 Å². The Morgan fingerprint density at radius 1 is 1.50 bits per heavy atom. The predicted molar refractivity (Wildman–Crippen MR) is 61.0 cm³/mol. The van der Waals surface area contributed by atoms with Gasteiger partial charge in [-0.1, -0.05) is 6.07 Å². The minimum atomic E-state index is -0.513. The van der Waals surface area contributed by atoms with E-state index in [2.05, 4.69) is 10.3 Å². The number of hydrogen-bond donors (Lipinski definition) is 2. The van der Waals surface area contributed by atoms with E-state index in [4.69, 9.17) is 10.5 Å². The number of hydrogen-bond acceptors (Lipinski definition) is 4. The fraction of sp³-hybridized carbons (Fsp3) is 0.455. The van der Waals surface area contributed by atoms with E-state index in [0.29, 0.717) is 6.54 Å². The summed E-state index contributed by atoms with van der Waals surface area (Å²) in [6, 6.07) is 3.39. The predicted octanol–water partition coefficient (Wildman–Crippen LogP) is 1.43. The average Bonchev–Trinajstić information content (AvgIpc) is 2.16. The van der Waals surface area contributed by atoms with Crippen LogP contribution in [0.5, 0.6) is 5.88 Å². The molecule has 3 N–H and O–H groups in total. The number of pyridine rings is 1. The molecular weight excluding hydrogens is 206 g/mol. The number of amides is 1. The smallest absolute Gasteiger partial charge is 0.391 e. The molecule has 0 aliphatic rings. The number of nitrogens with zero attached hydrogens (tertiary/aromatic N) is 1. The van der Waals surface area contributed by atoms with Gasteiger partial charge in [0, 0.05) is 24.3 Å². The van der Waals surface area contributed by atoms with Gasteiger partial charge in [-0.05, 0) is 26.3 Å². The van der Waals surface area contributed by atoms with Gasteiger partial charge in [-0.2, -0.15) is 0 Å². The lowest BCUT2D eigenvalue weighted by Gasteiger charge is -2.19. The molecule has 0 unspecified atom stereocenters. The number of carbonyl (C=O) groups is 1. The van der Waals surface area contributed by atoms with E-state index in [1.807, 2.05) is 20.8 Å². The summed E-state index contributed by atoms with van der Waals surface area (Å²) in [4.78, 5) is 15.3. The molecule has 0 aliphatic heterocycles. The van der Waals surface area contributed by atoms with Crippen molar-refractivity contribution in [2.24, 2.45) is 5.73 Å². The van der Waals surface area contributed by atoms with E-state index in [-0.39, 0.29) is 11.4 Å². The Balaban J connectivity index is 2.56.